The van der Waals surface area contributed by atoms with Gasteiger partial charge < -0.3 is 21.5 Å². The van der Waals surface area contributed by atoms with Crippen LogP contribution in [0.2, 0.25) is 0 Å². The van der Waals surface area contributed by atoms with Crippen molar-refractivity contribution in [3.05, 3.63) is 53.6 Å². The molecule has 3 amide bonds. The Kier molecular flexibility index (Phi) is 6.78. The minimum atomic E-state index is -0.541. The Morgan fingerprint density at radius 1 is 1.19 bits per heavy atom. The second-order valence-electron chi connectivity index (χ2n) is 6.14. The van der Waals surface area contributed by atoms with Crippen LogP contribution < -0.4 is 16.4 Å². The van der Waals surface area contributed by atoms with Crippen molar-refractivity contribution < 1.29 is 14.7 Å². The number of hydrogen-bond donors (Lipinski definition) is 4. The molecule has 1 unspecified atom stereocenters. The molecule has 27 heavy (non-hydrogen) atoms. The van der Waals surface area contributed by atoms with Crippen LogP contribution in [-0.2, 0) is 4.79 Å². The van der Waals surface area contributed by atoms with E-state index in [4.69, 9.17) is 11.0 Å². The third-order valence-corrected chi connectivity index (χ3v) is 4.13. The molecule has 0 aliphatic rings. The molecule has 0 aromatic heterocycles. The molecule has 7 heteroatoms. The maximum absolute atomic E-state index is 12.1. The van der Waals surface area contributed by atoms with Gasteiger partial charge in [0.15, 0.2) is 0 Å². The van der Waals surface area contributed by atoms with Gasteiger partial charge in [0.05, 0.1) is 23.2 Å². The number of carbonyl (C=O) groups excluding carboxylic acids is 2. The number of phenols is 1. The predicted molar refractivity (Wildman–Crippen MR) is 103 cm³/mol. The minimum Gasteiger partial charge on any atom is -0.506 e. The van der Waals surface area contributed by atoms with Crippen molar-refractivity contribution in [2.24, 2.45) is 5.73 Å². The van der Waals surface area contributed by atoms with Crippen LogP contribution in [-0.4, -0.2) is 17.0 Å². The first kappa shape index (κ1) is 19.8. The molecule has 0 spiro atoms. The van der Waals surface area contributed by atoms with Crippen LogP contribution in [0.3, 0.4) is 0 Å². The summed E-state index contributed by atoms with van der Waals surface area (Å²) in [6.45, 7) is 2.02. The van der Waals surface area contributed by atoms with Gasteiger partial charge in [-0.1, -0.05) is 25.8 Å². The summed E-state index contributed by atoms with van der Waals surface area (Å²) in [7, 11) is 0. The fraction of sp³-hybridized carbons (Fsp3) is 0.250. The van der Waals surface area contributed by atoms with E-state index >= 15 is 0 Å². The lowest BCUT2D eigenvalue weighted by Crippen LogP contribution is -2.22. The number of rotatable bonds is 7. The van der Waals surface area contributed by atoms with E-state index in [1.54, 1.807) is 30.3 Å². The number of nitrogens with one attached hydrogen (secondary N) is 2. The van der Waals surface area contributed by atoms with Crippen LogP contribution in [0.1, 0.15) is 43.2 Å². The predicted octanol–water partition coefficient (Wildman–Crippen LogP) is 3.67. The highest BCUT2D eigenvalue weighted by Gasteiger charge is 2.19. The van der Waals surface area contributed by atoms with E-state index in [0.717, 1.165) is 12.8 Å². The van der Waals surface area contributed by atoms with Crippen molar-refractivity contribution in [2.45, 2.75) is 32.1 Å². The van der Waals surface area contributed by atoms with Crippen LogP contribution in [0.5, 0.6) is 5.75 Å². The molecule has 140 valence electrons. The molecule has 5 N–H and O–H groups in total. The van der Waals surface area contributed by atoms with Crippen molar-refractivity contribution in [3.63, 3.8) is 0 Å². The molecule has 0 heterocycles. The number of anilines is 2. The summed E-state index contributed by atoms with van der Waals surface area (Å²) >= 11 is 0. The molecule has 0 aliphatic heterocycles. The third kappa shape index (κ3) is 5.47. The molecule has 0 aliphatic carbocycles. The normalized spacial score (nSPS) is 11.3. The number of primary amides is 1. The first-order chi connectivity index (χ1) is 12.9. The number of nitrogens with two attached hydrogens (primary N) is 1. The summed E-state index contributed by atoms with van der Waals surface area (Å²) < 4.78 is 0. The smallest absolute Gasteiger partial charge is 0.323 e. The molecule has 2 aromatic carbocycles. The summed E-state index contributed by atoms with van der Waals surface area (Å²) in [6.07, 6.45) is 2.39. The lowest BCUT2D eigenvalue weighted by molar-refractivity contribution is -0.119. The molecular formula is C20H22N4O3. The second kappa shape index (κ2) is 9.25. The molecule has 2 rings (SSSR count). The lowest BCUT2D eigenvalue weighted by atomic mass is 9.92. The Morgan fingerprint density at radius 2 is 1.89 bits per heavy atom. The number of aromatic hydroxyl groups is 1. The number of carbonyl (C=O) groups is 2. The number of amides is 3. The number of unbranched alkanes of at least 4 members (excludes halogenated alkanes) is 1. The molecule has 0 radical (unpaired) electrons. The van der Waals surface area contributed by atoms with Gasteiger partial charge in [-0.15, -0.1) is 0 Å². The SMILES string of the molecule is CCCCC(C(N)=O)c1ccc(NC(=O)Nc2ccc(C#N)cc2)c(O)c1. The zero-order valence-electron chi connectivity index (χ0n) is 15.0. The monoisotopic (exact) mass is 366 g/mol. The maximum atomic E-state index is 12.1. The topological polar surface area (TPSA) is 128 Å². The van der Waals surface area contributed by atoms with Crippen molar-refractivity contribution in [1.29, 1.82) is 5.26 Å². The Hall–Kier alpha value is -3.53. The fourth-order valence-corrected chi connectivity index (χ4v) is 2.67. The van der Waals surface area contributed by atoms with Crippen LogP contribution in [0.25, 0.3) is 0 Å². The quantitative estimate of drug-likeness (QED) is 0.557. The lowest BCUT2D eigenvalue weighted by Gasteiger charge is -2.15. The van der Waals surface area contributed by atoms with Gasteiger partial charge in [-0.3, -0.25) is 4.79 Å². The van der Waals surface area contributed by atoms with E-state index in [1.165, 1.54) is 12.1 Å². The Balaban J connectivity index is 2.07. The van der Waals surface area contributed by atoms with E-state index in [-0.39, 0.29) is 11.4 Å². The van der Waals surface area contributed by atoms with Gasteiger partial charge in [0.25, 0.3) is 0 Å². The molecule has 0 saturated carbocycles. The van der Waals surface area contributed by atoms with E-state index in [9.17, 15) is 14.7 Å². The second-order valence-corrected chi connectivity index (χ2v) is 6.14. The van der Waals surface area contributed by atoms with Crippen LogP contribution in [0, 0.1) is 11.3 Å². The molecule has 1 atom stereocenters. The number of benzene rings is 2. The molecule has 0 saturated heterocycles. The Labute approximate surface area is 157 Å². The van der Waals surface area contributed by atoms with Crippen LogP contribution in [0.15, 0.2) is 42.5 Å². The first-order valence-electron chi connectivity index (χ1n) is 8.65. The van der Waals surface area contributed by atoms with Crippen molar-refractivity contribution in [2.75, 3.05) is 10.6 Å². The van der Waals surface area contributed by atoms with Crippen LogP contribution >= 0.6 is 0 Å². The fourth-order valence-electron chi connectivity index (χ4n) is 2.67. The van der Waals surface area contributed by atoms with Gasteiger partial charge in [-0.25, -0.2) is 4.79 Å². The number of urea groups is 1. The third-order valence-electron chi connectivity index (χ3n) is 4.13. The molecule has 7 nitrogen and oxygen atoms in total. The highest BCUT2D eigenvalue weighted by molar-refractivity contribution is 6.00. The highest BCUT2D eigenvalue weighted by atomic mass is 16.3. The Bertz CT molecular complexity index is 857. The highest BCUT2D eigenvalue weighted by Crippen LogP contribution is 2.30. The largest absolute Gasteiger partial charge is 0.506 e. The van der Waals surface area contributed by atoms with E-state index in [0.29, 0.717) is 23.2 Å². The summed E-state index contributed by atoms with van der Waals surface area (Å²) in [6, 6.07) is 12.5. The van der Waals surface area contributed by atoms with Gasteiger partial charge >= 0.3 is 6.03 Å². The van der Waals surface area contributed by atoms with Crippen molar-refractivity contribution in [1.82, 2.24) is 0 Å². The van der Waals surface area contributed by atoms with E-state index < -0.39 is 17.9 Å². The average molecular weight is 366 g/mol. The molecular weight excluding hydrogens is 344 g/mol. The van der Waals surface area contributed by atoms with Gasteiger partial charge in [-0.05, 0) is 48.4 Å². The maximum Gasteiger partial charge on any atom is 0.323 e. The van der Waals surface area contributed by atoms with Gasteiger partial charge in [0, 0.05) is 5.69 Å². The molecule has 2 aromatic rings. The summed E-state index contributed by atoms with van der Waals surface area (Å²) in [5.74, 6) is -1.07. The van der Waals surface area contributed by atoms with Gasteiger partial charge in [-0.2, -0.15) is 5.26 Å². The molecule has 0 bridgehead atoms. The summed E-state index contributed by atoms with van der Waals surface area (Å²) in [4.78, 5) is 23.8. The van der Waals surface area contributed by atoms with E-state index in [2.05, 4.69) is 10.6 Å². The summed E-state index contributed by atoms with van der Waals surface area (Å²) in [5, 5.41) is 24.1. The van der Waals surface area contributed by atoms with Crippen molar-refractivity contribution in [3.8, 4) is 11.8 Å². The first-order valence-corrected chi connectivity index (χ1v) is 8.65. The standard InChI is InChI=1S/C20H22N4O3/c1-2-3-4-16(19(22)26)14-7-10-17(18(25)11-14)24-20(27)23-15-8-5-13(12-21)6-9-15/h5-11,16,25H,2-4H2,1H3,(H2,22,26)(H2,23,24,27). The number of nitrogens with zero attached hydrogens (tertiary/aromatic N) is 1. The minimum absolute atomic E-state index is 0.148. The molecule has 0 fully saturated rings. The average Bonchev–Trinajstić information content (AvgIpc) is 2.64. The van der Waals surface area contributed by atoms with Gasteiger partial charge in [0.1, 0.15) is 5.75 Å². The van der Waals surface area contributed by atoms with Crippen LogP contribution in [0.4, 0.5) is 16.2 Å². The number of hydrogen-bond acceptors (Lipinski definition) is 4. The summed E-state index contributed by atoms with van der Waals surface area (Å²) in [5.41, 5.74) is 7.29. The zero-order valence-corrected chi connectivity index (χ0v) is 15.0. The Morgan fingerprint density at radius 3 is 2.44 bits per heavy atom. The zero-order chi connectivity index (χ0) is 19.8. The van der Waals surface area contributed by atoms with Crippen molar-refractivity contribution >= 4 is 23.3 Å². The van der Waals surface area contributed by atoms with Gasteiger partial charge in [0.2, 0.25) is 5.91 Å². The van der Waals surface area contributed by atoms with E-state index in [1.807, 2.05) is 13.0 Å². The number of nitriles is 1. The number of phenolic OH excluding ortho intramolecular Hbond substituents is 1.